The van der Waals surface area contributed by atoms with Gasteiger partial charge in [-0.25, -0.2) is 17.8 Å². The Bertz CT molecular complexity index is 1070. The van der Waals surface area contributed by atoms with Crippen LogP contribution in [0.4, 0.5) is 9.52 Å². The van der Waals surface area contributed by atoms with E-state index in [0.29, 0.717) is 61.1 Å². The highest BCUT2D eigenvalue weighted by atomic mass is 32.2. The van der Waals surface area contributed by atoms with Gasteiger partial charge in [0.25, 0.3) is 0 Å². The average Bonchev–Trinajstić information content (AvgIpc) is 2.95. The molecule has 1 aromatic heterocycles. The van der Waals surface area contributed by atoms with Crippen molar-refractivity contribution < 1.29 is 22.4 Å². The molecule has 1 amide bonds. The smallest absolute Gasteiger partial charge is 0.243 e. The number of benzene rings is 1. The van der Waals surface area contributed by atoms with Gasteiger partial charge in [-0.05, 0) is 44.0 Å². The van der Waals surface area contributed by atoms with E-state index in [-0.39, 0.29) is 23.1 Å². The fraction of sp³-hybridized carbons (Fsp3) is 0.476. The van der Waals surface area contributed by atoms with E-state index in [1.165, 1.54) is 34.7 Å². The monoisotopic (exact) mass is 482 g/mol. The van der Waals surface area contributed by atoms with Gasteiger partial charge in [0, 0.05) is 46.1 Å². The first-order valence-electron chi connectivity index (χ1n) is 10.4. The normalized spacial score (nSPS) is 15.4. The first-order chi connectivity index (χ1) is 15.2. The summed E-state index contributed by atoms with van der Waals surface area (Å²) < 4.78 is 40.1. The summed E-state index contributed by atoms with van der Waals surface area (Å²) in [5, 5.41) is 3.81. The fourth-order valence-electron chi connectivity index (χ4n) is 3.53. The van der Waals surface area contributed by atoms with Gasteiger partial charge in [0.2, 0.25) is 15.9 Å². The van der Waals surface area contributed by atoms with Crippen LogP contribution >= 0.6 is 11.3 Å². The molecule has 0 aliphatic carbocycles. The lowest BCUT2D eigenvalue weighted by Crippen LogP contribution is -2.37. The van der Waals surface area contributed by atoms with Crippen LogP contribution in [-0.2, 0) is 14.8 Å². The maximum atomic E-state index is 13.1. The van der Waals surface area contributed by atoms with E-state index >= 15 is 0 Å². The molecule has 1 fully saturated rings. The van der Waals surface area contributed by atoms with Gasteiger partial charge in [0.15, 0.2) is 10.9 Å². The molecule has 174 valence electrons. The first kappa shape index (κ1) is 24.3. The van der Waals surface area contributed by atoms with Crippen molar-refractivity contribution in [1.29, 1.82) is 0 Å². The molecule has 8 nitrogen and oxygen atoms in total. The van der Waals surface area contributed by atoms with Crippen LogP contribution in [0, 0.1) is 12.7 Å². The van der Waals surface area contributed by atoms with Crippen molar-refractivity contribution >= 4 is 38.2 Å². The van der Waals surface area contributed by atoms with Crippen molar-refractivity contribution in [3.05, 3.63) is 40.7 Å². The number of hydrogen-bond donors (Lipinski definition) is 1. The maximum absolute atomic E-state index is 13.1. The Morgan fingerprint density at radius 3 is 2.53 bits per heavy atom. The molecule has 1 saturated heterocycles. The number of aryl methyl sites for hydroxylation is 1. The lowest BCUT2D eigenvalue weighted by atomic mass is 10.2. The summed E-state index contributed by atoms with van der Waals surface area (Å²) in [5.74, 6) is -0.525. The van der Waals surface area contributed by atoms with Crippen molar-refractivity contribution in [1.82, 2.24) is 14.2 Å². The molecular weight excluding hydrogens is 455 g/mol. The molecule has 3 rings (SSSR count). The number of sulfonamides is 1. The minimum absolute atomic E-state index is 0.0140. The molecular formula is C21H27FN4O4S2. The van der Waals surface area contributed by atoms with E-state index < -0.39 is 15.8 Å². The summed E-state index contributed by atoms with van der Waals surface area (Å²) in [7, 11) is -3.72. The molecule has 1 aliphatic rings. The molecule has 11 heteroatoms. The van der Waals surface area contributed by atoms with Crippen molar-refractivity contribution in [3.8, 4) is 0 Å². The highest BCUT2D eigenvalue weighted by Gasteiger charge is 2.28. The zero-order valence-corrected chi connectivity index (χ0v) is 19.8. The Balaban J connectivity index is 1.47. The van der Waals surface area contributed by atoms with Gasteiger partial charge in [-0.1, -0.05) is 11.3 Å². The van der Waals surface area contributed by atoms with Gasteiger partial charge in [-0.15, -0.1) is 0 Å². The minimum atomic E-state index is -3.72. The number of nitrogens with one attached hydrogen (secondary N) is 1. The van der Waals surface area contributed by atoms with Crippen molar-refractivity contribution in [2.75, 3.05) is 38.0 Å². The Hall–Kier alpha value is -2.37. The lowest BCUT2D eigenvalue weighted by Gasteiger charge is -2.22. The van der Waals surface area contributed by atoms with Crippen LogP contribution in [0.25, 0.3) is 0 Å². The molecule has 1 aliphatic heterocycles. The second-order valence-corrected chi connectivity index (χ2v) is 10.5. The Morgan fingerprint density at radius 1 is 1.16 bits per heavy atom. The molecule has 1 N–H and O–H groups in total. The summed E-state index contributed by atoms with van der Waals surface area (Å²) in [6.45, 7) is 5.19. The Labute approximate surface area is 191 Å². The van der Waals surface area contributed by atoms with E-state index in [1.54, 1.807) is 11.8 Å². The van der Waals surface area contributed by atoms with Gasteiger partial charge in [0.05, 0.1) is 15.5 Å². The topological polar surface area (TPSA) is 99.7 Å². The van der Waals surface area contributed by atoms with Crippen LogP contribution in [0.2, 0.25) is 0 Å². The lowest BCUT2D eigenvalue weighted by molar-refractivity contribution is -0.131. The van der Waals surface area contributed by atoms with E-state index in [2.05, 4.69) is 10.3 Å². The fourth-order valence-corrected chi connectivity index (χ4v) is 5.89. The van der Waals surface area contributed by atoms with Gasteiger partial charge in [0.1, 0.15) is 5.82 Å². The Morgan fingerprint density at radius 2 is 1.88 bits per heavy atom. The summed E-state index contributed by atoms with van der Waals surface area (Å²) in [6.07, 6.45) is 1.47. The van der Waals surface area contributed by atoms with Crippen LogP contribution in [0.5, 0.6) is 0 Å². The molecule has 32 heavy (non-hydrogen) atoms. The third-order valence-electron chi connectivity index (χ3n) is 5.22. The number of anilines is 1. The molecule has 0 saturated carbocycles. The van der Waals surface area contributed by atoms with E-state index in [9.17, 15) is 22.4 Å². The average molecular weight is 483 g/mol. The van der Waals surface area contributed by atoms with E-state index in [1.807, 2.05) is 0 Å². The minimum Gasteiger partial charge on any atom is -0.361 e. The molecule has 2 aromatic rings. The quantitative estimate of drug-likeness (QED) is 0.459. The molecule has 1 aromatic carbocycles. The number of aromatic nitrogens is 1. The van der Waals surface area contributed by atoms with Crippen LogP contribution in [0.1, 0.15) is 41.6 Å². The second kappa shape index (κ2) is 10.5. The molecule has 0 unspecified atom stereocenters. The van der Waals surface area contributed by atoms with Crippen LogP contribution < -0.4 is 5.32 Å². The van der Waals surface area contributed by atoms with E-state index in [0.717, 1.165) is 12.1 Å². The molecule has 0 radical (unpaired) electrons. The van der Waals surface area contributed by atoms with Gasteiger partial charge in [-0.2, -0.15) is 4.31 Å². The Kier molecular flexibility index (Phi) is 7.96. The van der Waals surface area contributed by atoms with Crippen molar-refractivity contribution in [3.63, 3.8) is 0 Å². The summed E-state index contributed by atoms with van der Waals surface area (Å²) in [4.78, 5) is 30.8. The number of ketones is 1. The number of rotatable bonds is 8. The maximum Gasteiger partial charge on any atom is 0.243 e. The summed E-state index contributed by atoms with van der Waals surface area (Å²) in [6, 6.07) is 4.77. The van der Waals surface area contributed by atoms with Gasteiger partial charge < -0.3 is 10.2 Å². The number of halogens is 1. The predicted molar refractivity (Wildman–Crippen MR) is 121 cm³/mol. The number of carbonyl (C=O) groups is 2. The van der Waals surface area contributed by atoms with Gasteiger partial charge in [-0.3, -0.25) is 9.59 Å². The molecule has 2 heterocycles. The number of hydrogen-bond acceptors (Lipinski definition) is 7. The first-order valence-corrected chi connectivity index (χ1v) is 12.7. The SMILES string of the molecule is CC(=O)c1sc(NCCCC(=O)N2CCCN(S(=O)(=O)c3ccc(F)cc3)CC2)nc1C. The number of Topliss-reactive ketones (excluding diaryl/α,β-unsaturated/α-hetero) is 1. The number of thiazole rings is 1. The largest absolute Gasteiger partial charge is 0.361 e. The second-order valence-electron chi connectivity index (χ2n) is 7.61. The molecule has 0 spiro atoms. The van der Waals surface area contributed by atoms with Crippen LogP contribution in [0.15, 0.2) is 29.2 Å². The zero-order chi connectivity index (χ0) is 23.3. The summed E-state index contributed by atoms with van der Waals surface area (Å²) >= 11 is 1.31. The predicted octanol–water partition coefficient (Wildman–Crippen LogP) is 2.91. The van der Waals surface area contributed by atoms with Crippen LogP contribution in [-0.4, -0.2) is 67.0 Å². The third kappa shape index (κ3) is 5.90. The number of carbonyl (C=O) groups excluding carboxylic acids is 2. The summed E-state index contributed by atoms with van der Waals surface area (Å²) in [5.41, 5.74) is 0.700. The van der Waals surface area contributed by atoms with Crippen molar-refractivity contribution in [2.45, 2.75) is 38.0 Å². The highest BCUT2D eigenvalue weighted by molar-refractivity contribution is 7.89. The molecule has 0 bridgehead atoms. The van der Waals surface area contributed by atoms with E-state index in [4.69, 9.17) is 0 Å². The molecule has 0 atom stereocenters. The standard InChI is InChI=1S/C21H27FN4O4S2/c1-15-20(16(2)27)31-21(24-15)23-10-3-5-19(28)25-11-4-12-26(14-13-25)32(29,30)18-8-6-17(22)7-9-18/h6-9H,3-5,10-14H2,1-2H3,(H,23,24). The van der Waals surface area contributed by atoms with Crippen LogP contribution in [0.3, 0.4) is 0 Å². The third-order valence-corrected chi connectivity index (χ3v) is 8.35. The number of nitrogens with zero attached hydrogens (tertiary/aromatic N) is 3. The van der Waals surface area contributed by atoms with Gasteiger partial charge >= 0.3 is 0 Å². The zero-order valence-electron chi connectivity index (χ0n) is 18.1. The number of amides is 1. The van der Waals surface area contributed by atoms with Crippen molar-refractivity contribution in [2.24, 2.45) is 0 Å². The highest BCUT2D eigenvalue weighted by Crippen LogP contribution is 2.23.